The third-order valence-corrected chi connectivity index (χ3v) is 5.13. The summed E-state index contributed by atoms with van der Waals surface area (Å²) in [5.74, 6) is -0.442. The van der Waals surface area contributed by atoms with E-state index in [1.807, 2.05) is 6.07 Å². The first-order valence-electron chi connectivity index (χ1n) is 9.61. The highest BCUT2D eigenvalue weighted by atomic mass is 19.4. The molecule has 0 saturated carbocycles. The molecule has 1 N–H and O–H groups in total. The summed E-state index contributed by atoms with van der Waals surface area (Å²) in [5, 5.41) is 20.1. The van der Waals surface area contributed by atoms with Crippen LogP contribution in [0.1, 0.15) is 22.3 Å². The van der Waals surface area contributed by atoms with Crippen LogP contribution in [0.4, 0.5) is 18.9 Å². The summed E-state index contributed by atoms with van der Waals surface area (Å²) in [5.41, 5.74) is -1.93. The van der Waals surface area contributed by atoms with Gasteiger partial charge in [-0.15, -0.1) is 0 Å². The lowest BCUT2D eigenvalue weighted by atomic mass is 10.1. The lowest BCUT2D eigenvalue weighted by molar-refractivity contribution is -0.137. The van der Waals surface area contributed by atoms with E-state index in [1.54, 1.807) is 0 Å². The Kier molecular flexibility index (Phi) is 6.77. The van der Waals surface area contributed by atoms with Gasteiger partial charge in [-0.25, -0.2) is 0 Å². The second-order valence-corrected chi connectivity index (χ2v) is 7.03. The van der Waals surface area contributed by atoms with Gasteiger partial charge in [0.2, 0.25) is 5.88 Å². The van der Waals surface area contributed by atoms with Crippen molar-refractivity contribution < 1.29 is 23.0 Å². The molecule has 1 aromatic carbocycles. The van der Waals surface area contributed by atoms with E-state index in [2.05, 4.69) is 9.89 Å². The summed E-state index contributed by atoms with van der Waals surface area (Å²) >= 11 is 0. The fourth-order valence-corrected chi connectivity index (χ4v) is 3.36. The van der Waals surface area contributed by atoms with Gasteiger partial charge in [-0.1, -0.05) is 12.1 Å². The van der Waals surface area contributed by atoms with E-state index in [0.717, 1.165) is 16.8 Å². The van der Waals surface area contributed by atoms with Crippen LogP contribution in [0, 0.1) is 18.3 Å². The van der Waals surface area contributed by atoms with Crippen LogP contribution < -0.4 is 5.56 Å². The topological polar surface area (TPSA) is 90.8 Å². The summed E-state index contributed by atoms with van der Waals surface area (Å²) in [7, 11) is 0. The van der Waals surface area contributed by atoms with Gasteiger partial charge in [0.05, 0.1) is 30.0 Å². The van der Waals surface area contributed by atoms with Crippen LogP contribution in [-0.2, 0) is 17.5 Å². The second-order valence-electron chi connectivity index (χ2n) is 7.03. The molecule has 1 aliphatic rings. The van der Waals surface area contributed by atoms with Gasteiger partial charge in [0, 0.05) is 32.4 Å². The van der Waals surface area contributed by atoms with Gasteiger partial charge in [-0.05, 0) is 24.6 Å². The average molecular weight is 434 g/mol. The van der Waals surface area contributed by atoms with Crippen molar-refractivity contribution in [3.05, 3.63) is 56.9 Å². The largest absolute Gasteiger partial charge is 0.494 e. The Labute approximate surface area is 176 Å². The van der Waals surface area contributed by atoms with E-state index < -0.39 is 23.2 Å². The zero-order valence-corrected chi connectivity index (χ0v) is 16.8. The third kappa shape index (κ3) is 4.95. The molecule has 10 heteroatoms. The minimum absolute atomic E-state index is 0.0232. The summed E-state index contributed by atoms with van der Waals surface area (Å²) < 4.78 is 46.0. The zero-order valence-electron chi connectivity index (χ0n) is 16.8. The zero-order chi connectivity index (χ0) is 22.6. The number of nitrogens with zero attached hydrogens (tertiary/aromatic N) is 4. The van der Waals surface area contributed by atoms with E-state index in [1.165, 1.54) is 25.1 Å². The highest BCUT2D eigenvalue weighted by molar-refractivity contribution is 5.87. The Morgan fingerprint density at radius 2 is 1.94 bits per heavy atom. The Morgan fingerprint density at radius 3 is 2.58 bits per heavy atom. The van der Waals surface area contributed by atoms with Crippen molar-refractivity contribution in [3.63, 3.8) is 0 Å². The minimum atomic E-state index is -4.60. The monoisotopic (exact) mass is 434 g/mol. The minimum Gasteiger partial charge on any atom is -0.494 e. The first-order valence-corrected chi connectivity index (χ1v) is 9.61. The van der Waals surface area contributed by atoms with Crippen LogP contribution in [0.2, 0.25) is 0 Å². The van der Waals surface area contributed by atoms with Crippen LogP contribution in [0.15, 0.2) is 34.1 Å². The second kappa shape index (κ2) is 9.32. The van der Waals surface area contributed by atoms with Crippen molar-refractivity contribution >= 4 is 11.9 Å². The van der Waals surface area contributed by atoms with Crippen molar-refractivity contribution in [1.29, 1.82) is 5.26 Å². The SMILES string of the molecule is Cc1c(C=Nc2ccccc2C(F)(F)F)c(O)n(CCN2CCOCC2)c(=O)c1C#N. The summed E-state index contributed by atoms with van der Waals surface area (Å²) in [4.78, 5) is 18.6. The first-order chi connectivity index (χ1) is 14.7. The molecule has 31 heavy (non-hydrogen) atoms. The van der Waals surface area contributed by atoms with Gasteiger partial charge >= 0.3 is 6.18 Å². The number of benzene rings is 1. The predicted molar refractivity (Wildman–Crippen MR) is 108 cm³/mol. The number of aliphatic imine (C=N–C) groups is 1. The Hall–Kier alpha value is -3.16. The van der Waals surface area contributed by atoms with Crippen LogP contribution in [0.5, 0.6) is 5.88 Å². The standard InChI is InChI=1S/C21H21F3N4O3/c1-14-15(12-25)19(29)28(7-6-27-8-10-31-11-9-27)20(30)16(14)13-26-18-5-3-2-4-17(18)21(22,23)24/h2-5,13,30H,6-11H2,1H3. The molecule has 2 heterocycles. The van der Waals surface area contributed by atoms with Crippen LogP contribution in [-0.4, -0.2) is 53.6 Å². The summed E-state index contributed by atoms with van der Waals surface area (Å²) in [6, 6.07) is 6.60. The molecule has 1 aromatic heterocycles. The van der Waals surface area contributed by atoms with Crippen molar-refractivity contribution in [1.82, 2.24) is 9.47 Å². The molecule has 0 radical (unpaired) electrons. The molecular formula is C21H21F3N4O3. The number of aromatic hydroxyl groups is 1. The van der Waals surface area contributed by atoms with Gasteiger partial charge in [-0.2, -0.15) is 18.4 Å². The van der Waals surface area contributed by atoms with Gasteiger partial charge in [0.15, 0.2) is 0 Å². The van der Waals surface area contributed by atoms with Crippen LogP contribution in [0.25, 0.3) is 0 Å². The van der Waals surface area contributed by atoms with Gasteiger partial charge in [0.1, 0.15) is 11.6 Å². The summed E-state index contributed by atoms with van der Waals surface area (Å²) in [6.45, 7) is 4.48. The number of aromatic nitrogens is 1. The molecule has 2 aromatic rings. The molecule has 0 unspecified atom stereocenters. The smallest absolute Gasteiger partial charge is 0.418 e. The van der Waals surface area contributed by atoms with Gasteiger partial charge in [0.25, 0.3) is 5.56 Å². The maximum Gasteiger partial charge on any atom is 0.418 e. The molecular weight excluding hydrogens is 413 g/mol. The first kappa shape index (κ1) is 22.5. The molecule has 0 spiro atoms. The van der Waals surface area contributed by atoms with E-state index in [4.69, 9.17) is 4.74 Å². The molecule has 0 aliphatic carbocycles. The molecule has 0 atom stereocenters. The van der Waals surface area contributed by atoms with E-state index in [0.29, 0.717) is 32.8 Å². The fraction of sp³-hybridized carbons (Fsp3) is 0.381. The molecule has 0 bridgehead atoms. The maximum atomic E-state index is 13.2. The predicted octanol–water partition coefficient (Wildman–Crippen LogP) is 2.84. The number of rotatable bonds is 5. The third-order valence-electron chi connectivity index (χ3n) is 5.13. The van der Waals surface area contributed by atoms with Crippen molar-refractivity contribution in [3.8, 4) is 11.9 Å². The quantitative estimate of drug-likeness (QED) is 0.731. The number of hydrogen-bond donors (Lipinski definition) is 1. The number of para-hydroxylation sites is 1. The molecule has 164 valence electrons. The highest BCUT2D eigenvalue weighted by Crippen LogP contribution is 2.36. The average Bonchev–Trinajstić information content (AvgIpc) is 2.74. The van der Waals surface area contributed by atoms with Crippen LogP contribution >= 0.6 is 0 Å². The number of nitriles is 1. The Bertz CT molecular complexity index is 1080. The Morgan fingerprint density at radius 1 is 1.26 bits per heavy atom. The van der Waals surface area contributed by atoms with E-state index in [-0.39, 0.29) is 28.9 Å². The lowest BCUT2D eigenvalue weighted by Crippen LogP contribution is -2.39. The van der Waals surface area contributed by atoms with Crippen molar-refractivity contribution in [2.45, 2.75) is 19.6 Å². The molecule has 1 saturated heterocycles. The molecule has 1 fully saturated rings. The Balaban J connectivity index is 2.00. The number of alkyl halides is 3. The fourth-order valence-electron chi connectivity index (χ4n) is 3.36. The number of pyridine rings is 1. The van der Waals surface area contributed by atoms with Gasteiger partial charge < -0.3 is 9.84 Å². The summed E-state index contributed by atoms with van der Waals surface area (Å²) in [6.07, 6.45) is -3.54. The molecule has 0 amide bonds. The normalized spacial score (nSPS) is 15.3. The highest BCUT2D eigenvalue weighted by Gasteiger charge is 2.33. The number of halogens is 3. The number of ether oxygens (including phenoxy) is 1. The van der Waals surface area contributed by atoms with E-state index in [9.17, 15) is 28.3 Å². The number of hydrogen-bond acceptors (Lipinski definition) is 6. The van der Waals surface area contributed by atoms with Crippen molar-refractivity contribution in [2.24, 2.45) is 4.99 Å². The van der Waals surface area contributed by atoms with Gasteiger partial charge in [-0.3, -0.25) is 19.3 Å². The van der Waals surface area contributed by atoms with Crippen LogP contribution in [0.3, 0.4) is 0 Å². The number of morpholine rings is 1. The molecule has 3 rings (SSSR count). The lowest BCUT2D eigenvalue weighted by Gasteiger charge is -2.27. The van der Waals surface area contributed by atoms with Crippen molar-refractivity contribution in [2.75, 3.05) is 32.8 Å². The molecule has 7 nitrogen and oxygen atoms in total. The molecule has 1 aliphatic heterocycles. The van der Waals surface area contributed by atoms with E-state index >= 15 is 0 Å². The maximum absolute atomic E-state index is 13.2.